The molecule has 0 saturated heterocycles. The molecular weight excluding hydrogens is 365 g/mol. The van der Waals surface area contributed by atoms with Crippen LogP contribution >= 0.6 is 15.9 Å². The molecule has 2 rings (SSSR count). The molecule has 0 spiro atoms. The van der Waals surface area contributed by atoms with Gasteiger partial charge in [0.25, 0.3) is 5.91 Å². The Kier molecular flexibility index (Phi) is 5.50. The van der Waals surface area contributed by atoms with Crippen molar-refractivity contribution >= 4 is 27.8 Å². The first-order valence-corrected chi connectivity index (χ1v) is 7.61. The van der Waals surface area contributed by atoms with Crippen molar-refractivity contribution in [2.24, 2.45) is 0 Å². The van der Waals surface area contributed by atoms with Gasteiger partial charge in [0.2, 0.25) is 6.10 Å². The number of amides is 1. The van der Waals surface area contributed by atoms with Gasteiger partial charge in [0.1, 0.15) is 5.82 Å². The lowest BCUT2D eigenvalue weighted by atomic mass is 10.1. The van der Waals surface area contributed by atoms with Gasteiger partial charge in [-0.25, -0.2) is 9.18 Å². The molecule has 4 nitrogen and oxygen atoms in total. The van der Waals surface area contributed by atoms with Gasteiger partial charge in [-0.3, -0.25) is 4.79 Å². The Morgan fingerprint density at radius 1 is 1.13 bits per heavy atom. The second-order valence-electron chi connectivity index (χ2n) is 5.05. The molecule has 0 unspecified atom stereocenters. The van der Waals surface area contributed by atoms with E-state index in [9.17, 15) is 14.0 Å². The Labute approximate surface area is 142 Å². The number of carbonyl (C=O) groups excluding carboxylic acids is 2. The Balaban J connectivity index is 2.32. The highest BCUT2D eigenvalue weighted by atomic mass is 79.9. The van der Waals surface area contributed by atoms with Crippen LogP contribution < -0.4 is 0 Å². The third-order valence-electron chi connectivity index (χ3n) is 3.14. The topological polar surface area (TPSA) is 46.6 Å². The molecule has 0 fully saturated rings. The minimum atomic E-state index is -1.13. The molecule has 0 radical (unpaired) electrons. The Morgan fingerprint density at radius 3 is 2.39 bits per heavy atom. The first-order valence-electron chi connectivity index (χ1n) is 6.82. The zero-order valence-corrected chi connectivity index (χ0v) is 14.2. The SMILES string of the molecule is CN(C)C(=O)[C@H](OC(=O)c1cc(Br)ccc1F)c1ccccc1. The molecular formula is C17H15BrFNO3. The molecule has 1 amide bonds. The van der Waals surface area contributed by atoms with E-state index in [1.54, 1.807) is 44.4 Å². The highest BCUT2D eigenvalue weighted by Gasteiger charge is 2.28. The van der Waals surface area contributed by atoms with E-state index < -0.39 is 23.8 Å². The number of carbonyl (C=O) groups is 2. The average Bonchev–Trinajstić information content (AvgIpc) is 2.54. The van der Waals surface area contributed by atoms with E-state index in [-0.39, 0.29) is 5.56 Å². The fraction of sp³-hybridized carbons (Fsp3) is 0.176. The van der Waals surface area contributed by atoms with Crippen molar-refractivity contribution in [3.05, 3.63) is 69.9 Å². The molecule has 0 saturated carbocycles. The van der Waals surface area contributed by atoms with Crippen LogP contribution in [0.1, 0.15) is 22.0 Å². The van der Waals surface area contributed by atoms with Gasteiger partial charge in [-0.2, -0.15) is 0 Å². The number of hydrogen-bond acceptors (Lipinski definition) is 3. The fourth-order valence-electron chi connectivity index (χ4n) is 1.95. The van der Waals surface area contributed by atoms with Crippen LogP contribution in [0.25, 0.3) is 0 Å². The van der Waals surface area contributed by atoms with E-state index in [0.29, 0.717) is 10.0 Å². The van der Waals surface area contributed by atoms with E-state index >= 15 is 0 Å². The highest BCUT2D eigenvalue weighted by molar-refractivity contribution is 9.10. The summed E-state index contributed by atoms with van der Waals surface area (Å²) in [5.41, 5.74) is 0.293. The molecule has 0 aliphatic heterocycles. The van der Waals surface area contributed by atoms with Crippen molar-refractivity contribution in [1.82, 2.24) is 4.90 Å². The summed E-state index contributed by atoms with van der Waals surface area (Å²) in [7, 11) is 3.12. The zero-order chi connectivity index (χ0) is 17.0. The van der Waals surface area contributed by atoms with E-state index in [0.717, 1.165) is 6.07 Å². The largest absolute Gasteiger partial charge is 0.444 e. The smallest absolute Gasteiger partial charge is 0.342 e. The molecule has 120 valence electrons. The van der Waals surface area contributed by atoms with Crippen molar-refractivity contribution in [3.8, 4) is 0 Å². The van der Waals surface area contributed by atoms with Crippen LogP contribution in [0.15, 0.2) is 53.0 Å². The Bertz CT molecular complexity index is 719. The zero-order valence-electron chi connectivity index (χ0n) is 12.6. The lowest BCUT2D eigenvalue weighted by molar-refractivity contribution is -0.138. The van der Waals surface area contributed by atoms with Gasteiger partial charge in [-0.1, -0.05) is 46.3 Å². The van der Waals surface area contributed by atoms with Gasteiger partial charge in [0.15, 0.2) is 0 Å². The monoisotopic (exact) mass is 379 g/mol. The van der Waals surface area contributed by atoms with Crippen LogP contribution in [0.4, 0.5) is 4.39 Å². The Morgan fingerprint density at radius 2 is 1.78 bits per heavy atom. The third kappa shape index (κ3) is 4.16. The van der Waals surface area contributed by atoms with E-state index in [1.165, 1.54) is 17.0 Å². The molecule has 0 aliphatic carbocycles. The third-order valence-corrected chi connectivity index (χ3v) is 3.63. The number of likely N-dealkylation sites (N-methyl/N-ethyl adjacent to an activating group) is 1. The Hall–Kier alpha value is -2.21. The first kappa shape index (κ1) is 17.1. The van der Waals surface area contributed by atoms with Crippen molar-refractivity contribution in [2.75, 3.05) is 14.1 Å². The standard InChI is InChI=1S/C17H15BrFNO3/c1-20(2)16(21)15(11-6-4-3-5-7-11)23-17(22)13-10-12(18)8-9-14(13)19/h3-10,15H,1-2H3/t15-/m1/s1. The predicted octanol–water partition coefficient (Wildman–Crippen LogP) is 3.57. The molecule has 2 aromatic carbocycles. The first-order chi connectivity index (χ1) is 10.9. The van der Waals surface area contributed by atoms with Crippen molar-refractivity contribution in [3.63, 3.8) is 0 Å². The minimum Gasteiger partial charge on any atom is -0.444 e. The summed E-state index contributed by atoms with van der Waals surface area (Å²) in [6.07, 6.45) is -1.13. The summed E-state index contributed by atoms with van der Waals surface area (Å²) in [6.45, 7) is 0. The maximum Gasteiger partial charge on any atom is 0.342 e. The number of benzene rings is 2. The molecule has 0 N–H and O–H groups in total. The number of esters is 1. The molecule has 0 heterocycles. The molecule has 1 atom stereocenters. The maximum absolute atomic E-state index is 13.8. The number of hydrogen-bond donors (Lipinski definition) is 0. The van der Waals surface area contributed by atoms with E-state index in [1.807, 2.05) is 0 Å². The molecule has 23 heavy (non-hydrogen) atoms. The number of ether oxygens (including phenoxy) is 1. The minimum absolute atomic E-state index is 0.230. The quantitative estimate of drug-likeness (QED) is 0.762. The summed E-state index contributed by atoms with van der Waals surface area (Å²) in [4.78, 5) is 25.9. The number of nitrogens with zero attached hydrogens (tertiary/aromatic N) is 1. The lowest BCUT2D eigenvalue weighted by Crippen LogP contribution is -2.31. The molecule has 0 aromatic heterocycles. The van der Waals surface area contributed by atoms with Gasteiger partial charge in [0.05, 0.1) is 5.56 Å². The van der Waals surface area contributed by atoms with Crippen LogP contribution in [0.2, 0.25) is 0 Å². The van der Waals surface area contributed by atoms with Gasteiger partial charge in [-0.15, -0.1) is 0 Å². The van der Waals surface area contributed by atoms with Gasteiger partial charge < -0.3 is 9.64 Å². The number of halogens is 2. The summed E-state index contributed by atoms with van der Waals surface area (Å²) >= 11 is 3.18. The van der Waals surface area contributed by atoms with Crippen LogP contribution in [0.5, 0.6) is 0 Å². The van der Waals surface area contributed by atoms with Crippen molar-refractivity contribution < 1.29 is 18.7 Å². The molecule has 0 bridgehead atoms. The normalized spacial score (nSPS) is 11.7. The molecule has 2 aromatic rings. The summed E-state index contributed by atoms with van der Waals surface area (Å²) < 4.78 is 19.6. The second-order valence-corrected chi connectivity index (χ2v) is 5.97. The van der Waals surface area contributed by atoms with Gasteiger partial charge >= 0.3 is 5.97 Å². The van der Waals surface area contributed by atoms with Crippen molar-refractivity contribution in [1.29, 1.82) is 0 Å². The van der Waals surface area contributed by atoms with Crippen LogP contribution in [-0.4, -0.2) is 30.9 Å². The summed E-state index contributed by atoms with van der Waals surface area (Å²) in [6, 6.07) is 12.6. The fourth-order valence-corrected chi connectivity index (χ4v) is 2.31. The van der Waals surface area contributed by atoms with Crippen molar-refractivity contribution in [2.45, 2.75) is 6.10 Å². The van der Waals surface area contributed by atoms with Crippen LogP contribution in [0.3, 0.4) is 0 Å². The van der Waals surface area contributed by atoms with E-state index in [2.05, 4.69) is 15.9 Å². The molecule has 6 heteroatoms. The second kappa shape index (κ2) is 7.37. The maximum atomic E-state index is 13.8. The summed E-state index contributed by atoms with van der Waals surface area (Å²) in [5.74, 6) is -2.00. The van der Waals surface area contributed by atoms with Gasteiger partial charge in [-0.05, 0) is 18.2 Å². The average molecular weight is 380 g/mol. The lowest BCUT2D eigenvalue weighted by Gasteiger charge is -2.21. The van der Waals surface area contributed by atoms with Crippen LogP contribution in [-0.2, 0) is 9.53 Å². The predicted molar refractivity (Wildman–Crippen MR) is 87.4 cm³/mol. The molecule has 0 aliphatic rings. The highest BCUT2D eigenvalue weighted by Crippen LogP contribution is 2.23. The van der Waals surface area contributed by atoms with E-state index in [4.69, 9.17) is 4.74 Å². The van der Waals surface area contributed by atoms with Crippen LogP contribution in [0, 0.1) is 5.82 Å². The summed E-state index contributed by atoms with van der Waals surface area (Å²) in [5, 5.41) is 0. The van der Waals surface area contributed by atoms with Gasteiger partial charge in [0, 0.05) is 24.1 Å². The number of rotatable bonds is 4.